The number of fused-ring (bicyclic) bond motifs is 18. The molecule has 0 N–H and O–H groups in total. The summed E-state index contributed by atoms with van der Waals surface area (Å²) >= 11 is 0. The highest BCUT2D eigenvalue weighted by molar-refractivity contribution is 7.02. The van der Waals surface area contributed by atoms with E-state index in [0.29, 0.717) is 0 Å². The molecule has 0 aromatic heterocycles. The van der Waals surface area contributed by atoms with Crippen molar-refractivity contribution in [1.29, 1.82) is 0 Å². The highest BCUT2D eigenvalue weighted by Gasteiger charge is 2.68. The first kappa shape index (κ1) is 71.3. The Morgan fingerprint density at radius 3 is 0.621 bits per heavy atom. The van der Waals surface area contributed by atoms with Gasteiger partial charge in [0.15, 0.2) is 0 Å². The van der Waals surface area contributed by atoms with Gasteiger partial charge in [-0.15, -0.1) is 0 Å². The second-order valence-electron chi connectivity index (χ2n) is 44.7. The van der Waals surface area contributed by atoms with Gasteiger partial charge in [-0.1, -0.05) is 298 Å². The number of hydrogen-bond acceptors (Lipinski definition) is 4. The minimum atomic E-state index is -0.911. The molecule has 4 nitrogen and oxygen atoms in total. The number of hydrogen-bond donors (Lipinski definition) is 0. The SMILES string of the molecule is CC(C)(C)c1cc2c3c(c1)N(c1ccccc1)c1c4c(cc5c1C(C)(C)CC5(C)C)C1(c5ccccc5C5(c6ccccc61)c1cc6c(c7c1B1c8c(cc(C(C)(C)C)cc8N(c8ccccc8)c8c1c5cc1c8C(C)(C)CC1(C)C)N7c1ccccc1)C(C)(C)CC6(C)C)c1cc5c(c(c1B34)N2c1ccccc1)C(C)(C)CC5(C)C. The molecule has 6 aliphatic heterocycles. The van der Waals surface area contributed by atoms with Crippen molar-refractivity contribution in [3.8, 4) is 0 Å². The van der Waals surface area contributed by atoms with Gasteiger partial charge in [0.1, 0.15) is 0 Å². The zero-order valence-corrected chi connectivity index (χ0v) is 72.6. The second-order valence-corrected chi connectivity index (χ2v) is 44.7. The Morgan fingerprint density at radius 2 is 0.422 bits per heavy atom. The Balaban J connectivity index is 0.972. The van der Waals surface area contributed by atoms with Crippen molar-refractivity contribution in [1.82, 2.24) is 0 Å². The topological polar surface area (TPSA) is 13.0 Å². The summed E-state index contributed by atoms with van der Waals surface area (Å²) in [5.74, 6) is 0. The van der Waals surface area contributed by atoms with Crippen LogP contribution in [0.2, 0.25) is 0 Å². The molecule has 0 radical (unpaired) electrons. The van der Waals surface area contributed by atoms with Crippen LogP contribution in [0.5, 0.6) is 0 Å². The number of anilines is 12. The monoisotopic (exact) mass is 1510 g/mol. The highest BCUT2D eigenvalue weighted by atomic mass is 15.2. The maximum Gasteiger partial charge on any atom is 0.253 e. The average molecular weight is 1510 g/mol. The zero-order valence-electron chi connectivity index (χ0n) is 72.6. The molecule has 0 amide bonds. The van der Waals surface area contributed by atoms with E-state index in [2.05, 4.69) is 390 Å². The van der Waals surface area contributed by atoms with Gasteiger partial charge in [-0.3, -0.25) is 0 Å². The van der Waals surface area contributed by atoms with Crippen LogP contribution in [0, 0.1) is 0 Å². The molecular weight excluding hydrogens is 1400 g/mol. The number of para-hydroxylation sites is 4. The van der Waals surface area contributed by atoms with Gasteiger partial charge in [0.25, 0.3) is 13.4 Å². The smallest absolute Gasteiger partial charge is 0.253 e. The molecule has 0 bridgehead atoms. The van der Waals surface area contributed by atoms with Gasteiger partial charge in [-0.05, 0) is 286 Å². The molecule has 0 saturated carbocycles. The Hall–Kier alpha value is -10.0. The molecule has 12 aromatic carbocycles. The van der Waals surface area contributed by atoms with E-state index < -0.39 is 10.8 Å². The fraction of sp³-hybridized carbons (Fsp3) is 0.345. The summed E-state index contributed by atoms with van der Waals surface area (Å²) in [7, 11) is 0. The van der Waals surface area contributed by atoms with Crippen LogP contribution < -0.4 is 52.4 Å². The van der Waals surface area contributed by atoms with Gasteiger partial charge >= 0.3 is 0 Å². The molecule has 12 aromatic rings. The van der Waals surface area contributed by atoms with Crippen molar-refractivity contribution >= 4 is 114 Å². The Bertz CT molecular complexity index is 5690. The third-order valence-corrected chi connectivity index (χ3v) is 31.3. The van der Waals surface area contributed by atoms with Crippen LogP contribution in [-0.2, 0) is 65.0 Å². The summed E-state index contributed by atoms with van der Waals surface area (Å²) in [6.45, 7) is 55.9. The summed E-state index contributed by atoms with van der Waals surface area (Å²) in [5, 5.41) is 0. The van der Waals surface area contributed by atoms with E-state index in [1.54, 1.807) is 0 Å². The van der Waals surface area contributed by atoms with Crippen LogP contribution in [0.1, 0.15) is 278 Å². The minimum absolute atomic E-state index is 0.125. The van der Waals surface area contributed by atoms with Crippen LogP contribution in [-0.4, -0.2) is 13.4 Å². The largest absolute Gasteiger partial charge is 0.311 e. The van der Waals surface area contributed by atoms with Gasteiger partial charge in [0.05, 0.1) is 10.8 Å². The van der Waals surface area contributed by atoms with E-state index in [0.717, 1.165) is 25.7 Å². The lowest BCUT2D eigenvalue weighted by atomic mass is 9.25. The molecule has 116 heavy (non-hydrogen) atoms. The molecule has 5 aliphatic carbocycles. The van der Waals surface area contributed by atoms with Crippen molar-refractivity contribution in [2.24, 2.45) is 0 Å². The van der Waals surface area contributed by atoms with Crippen LogP contribution >= 0.6 is 0 Å². The van der Waals surface area contributed by atoms with E-state index in [1.807, 2.05) is 0 Å². The predicted molar refractivity (Wildman–Crippen MR) is 492 cm³/mol. The van der Waals surface area contributed by atoms with Crippen LogP contribution in [0.25, 0.3) is 0 Å². The summed E-state index contributed by atoms with van der Waals surface area (Å²) < 4.78 is 0. The summed E-state index contributed by atoms with van der Waals surface area (Å²) in [6, 6.07) is 89.7. The molecule has 0 saturated heterocycles. The van der Waals surface area contributed by atoms with Crippen LogP contribution in [0.15, 0.2) is 218 Å². The van der Waals surface area contributed by atoms with Crippen molar-refractivity contribution in [3.05, 3.63) is 319 Å². The first-order chi connectivity index (χ1) is 54.8. The first-order valence-corrected chi connectivity index (χ1v) is 43.7. The molecule has 576 valence electrons. The van der Waals surface area contributed by atoms with E-state index in [1.165, 1.54) is 201 Å². The third kappa shape index (κ3) is 8.51. The first-order valence-electron chi connectivity index (χ1n) is 43.7. The fourth-order valence-electron chi connectivity index (χ4n) is 28.3. The van der Waals surface area contributed by atoms with E-state index in [4.69, 9.17) is 0 Å². The normalized spacial score (nSPS) is 20.4. The van der Waals surface area contributed by atoms with Gasteiger partial charge < -0.3 is 19.6 Å². The molecule has 6 heterocycles. The average Bonchev–Trinajstić information content (AvgIpc) is 1.20. The Labute approximate surface area is 691 Å². The highest BCUT2D eigenvalue weighted by Crippen LogP contribution is 2.71. The Morgan fingerprint density at radius 1 is 0.224 bits per heavy atom. The summed E-state index contributed by atoms with van der Waals surface area (Å²) in [6.07, 6.45) is 4.09. The molecular formula is C110H110B2N4. The maximum atomic E-state index is 2.90. The summed E-state index contributed by atoms with van der Waals surface area (Å²) in [5.41, 5.74) is 46.6. The van der Waals surface area contributed by atoms with Crippen molar-refractivity contribution in [3.63, 3.8) is 0 Å². The molecule has 11 aliphatic rings. The molecule has 0 fully saturated rings. The van der Waals surface area contributed by atoms with Gasteiger partial charge in [0, 0.05) is 68.2 Å². The standard InChI is InChI=1S/C110H110B2N4/c1-99(2,3)63-51-81-93-82(52-63)114(66-41-29-24-30-42-66)96-86-74(102(9,10)60-106(86,17)18)56-78-90(96)111(93)89-77(55-73-85(105(15,16)59-101(73,7)8)95(89)113(81)65-39-27-23-28-40-65)109(78)69-47-35-37-49-71(69)110(72-50-38-36-48-70(72)109)79-57-75-87(107(19,20)61-103(75,11)12)97-91(79)112-92-80(110)58-76-88(108(21,22)62-104(76,13)14)98(92)116(68-45-33-26-34-46-68)84-54-64(100(4,5)6)53-83(94(84)112)115(97)67-43-31-25-32-44-67/h23-58H,59-62H2,1-22H3. The summed E-state index contributed by atoms with van der Waals surface area (Å²) in [4.78, 5) is 11.4. The molecule has 23 rings (SSSR count). The fourth-order valence-corrected chi connectivity index (χ4v) is 28.3. The van der Waals surface area contributed by atoms with Gasteiger partial charge in [0.2, 0.25) is 0 Å². The van der Waals surface area contributed by atoms with E-state index >= 15 is 0 Å². The predicted octanol–water partition coefficient (Wildman–Crippen LogP) is 24.0. The van der Waals surface area contributed by atoms with Gasteiger partial charge in [-0.25, -0.2) is 0 Å². The quantitative estimate of drug-likeness (QED) is 0.163. The molecule has 0 unspecified atom stereocenters. The van der Waals surface area contributed by atoms with Gasteiger partial charge in [-0.2, -0.15) is 0 Å². The Kier molecular flexibility index (Phi) is 13.4. The lowest BCUT2D eigenvalue weighted by Gasteiger charge is -2.60. The van der Waals surface area contributed by atoms with Crippen molar-refractivity contribution in [2.75, 3.05) is 19.6 Å². The van der Waals surface area contributed by atoms with E-state index in [-0.39, 0.29) is 67.6 Å². The van der Waals surface area contributed by atoms with E-state index in [9.17, 15) is 0 Å². The molecule has 0 atom stereocenters. The maximum absolute atomic E-state index is 2.90. The molecule has 6 heteroatoms. The lowest BCUT2D eigenvalue weighted by molar-refractivity contribution is 0.402. The molecule has 2 spiro atoms. The van der Waals surface area contributed by atoms with Crippen LogP contribution in [0.3, 0.4) is 0 Å². The lowest BCUT2D eigenvalue weighted by Crippen LogP contribution is -2.71. The zero-order chi connectivity index (χ0) is 80.5. The number of nitrogens with zero attached hydrogens (tertiary/aromatic N) is 4. The van der Waals surface area contributed by atoms with Crippen molar-refractivity contribution in [2.45, 2.75) is 243 Å². The minimum Gasteiger partial charge on any atom is -0.311 e. The second kappa shape index (κ2) is 21.8. The van der Waals surface area contributed by atoms with Crippen molar-refractivity contribution < 1.29 is 0 Å². The number of benzene rings is 12. The number of rotatable bonds is 4. The van der Waals surface area contributed by atoms with Crippen LogP contribution in [0.4, 0.5) is 68.2 Å². The third-order valence-electron chi connectivity index (χ3n) is 31.3.